The molecule has 5 rings (SSSR count). The number of nitrogens with zero attached hydrogens (tertiary/aromatic N) is 3. The monoisotopic (exact) mass is 515 g/mol. The lowest BCUT2D eigenvalue weighted by molar-refractivity contribution is -0.113. The highest BCUT2D eigenvalue weighted by Gasteiger charge is 2.34. The van der Waals surface area contributed by atoms with Crippen LogP contribution in [0.15, 0.2) is 89.2 Å². The van der Waals surface area contributed by atoms with Crippen molar-refractivity contribution in [2.75, 3.05) is 17.7 Å². The van der Waals surface area contributed by atoms with Gasteiger partial charge >= 0.3 is 0 Å². The maximum atomic E-state index is 13.8. The van der Waals surface area contributed by atoms with Crippen LogP contribution in [0.25, 0.3) is 0 Å². The number of hydrogen-bond acceptors (Lipinski definition) is 6. The molecule has 0 saturated heterocycles. The fourth-order valence-corrected chi connectivity index (χ4v) is 5.02. The quantitative estimate of drug-likeness (QED) is 0.296. The molecule has 1 atom stereocenters. The average molecular weight is 516 g/mol. The van der Waals surface area contributed by atoms with Crippen molar-refractivity contribution in [2.45, 2.75) is 30.8 Å². The standard InChI is InChI=1S/C28H26FN5O2S/c1-17-7-4-5-10-23(17)31-26(35)24-18(2)30-27-32-28(37-16-19-8-6-9-22(15-19)36-3)33-34(27)25(24)20-11-13-21(29)14-12-20/h4-15,25H,16H2,1-3H3,(H,31,35)(H,30,32,33)/t25-/m1/s1. The van der Waals surface area contributed by atoms with Gasteiger partial charge in [0.25, 0.3) is 5.91 Å². The molecule has 0 bridgehead atoms. The molecule has 2 N–H and O–H groups in total. The summed E-state index contributed by atoms with van der Waals surface area (Å²) < 4.78 is 20.8. The van der Waals surface area contributed by atoms with E-state index in [1.807, 2.05) is 62.4 Å². The Hall–Kier alpha value is -4.11. The van der Waals surface area contributed by atoms with Crippen molar-refractivity contribution < 1.29 is 13.9 Å². The number of ether oxygens (including phenoxy) is 1. The zero-order valence-electron chi connectivity index (χ0n) is 20.7. The number of benzene rings is 3. The summed E-state index contributed by atoms with van der Waals surface area (Å²) in [6.07, 6.45) is 0. The third-order valence-corrected chi connectivity index (χ3v) is 7.07. The molecule has 2 heterocycles. The molecule has 1 aromatic heterocycles. The molecule has 0 radical (unpaired) electrons. The van der Waals surface area contributed by atoms with Gasteiger partial charge in [-0.1, -0.05) is 54.2 Å². The van der Waals surface area contributed by atoms with Gasteiger partial charge in [0.05, 0.1) is 12.7 Å². The first-order valence-corrected chi connectivity index (χ1v) is 12.7. The van der Waals surface area contributed by atoms with E-state index in [0.717, 1.165) is 28.1 Å². The Kier molecular flexibility index (Phi) is 6.96. The van der Waals surface area contributed by atoms with Gasteiger partial charge in [0.15, 0.2) is 0 Å². The van der Waals surface area contributed by atoms with Gasteiger partial charge in [-0.15, -0.1) is 5.10 Å². The van der Waals surface area contributed by atoms with Gasteiger partial charge in [-0.25, -0.2) is 9.07 Å². The van der Waals surface area contributed by atoms with E-state index in [2.05, 4.69) is 15.6 Å². The SMILES string of the molecule is COc1cccc(CSc2nc3n(n2)[C@H](c2ccc(F)cc2)C(C(=O)Nc2ccccc2C)=C(C)N3)c1. The van der Waals surface area contributed by atoms with Crippen LogP contribution in [-0.2, 0) is 10.5 Å². The van der Waals surface area contributed by atoms with Crippen molar-refractivity contribution in [3.8, 4) is 5.75 Å². The minimum Gasteiger partial charge on any atom is -0.497 e. The van der Waals surface area contributed by atoms with Crippen LogP contribution < -0.4 is 15.4 Å². The molecule has 0 fully saturated rings. The lowest BCUT2D eigenvalue weighted by Crippen LogP contribution is -2.31. The van der Waals surface area contributed by atoms with E-state index >= 15 is 0 Å². The molecular formula is C28H26FN5O2S. The number of allylic oxidation sites excluding steroid dienone is 1. The molecule has 1 aliphatic heterocycles. The summed E-state index contributed by atoms with van der Waals surface area (Å²) in [4.78, 5) is 18.3. The third-order valence-electron chi connectivity index (χ3n) is 6.16. The van der Waals surface area contributed by atoms with Crippen LogP contribution in [0.3, 0.4) is 0 Å². The molecule has 0 spiro atoms. The van der Waals surface area contributed by atoms with Gasteiger partial charge in [-0.2, -0.15) is 4.98 Å². The number of anilines is 2. The van der Waals surface area contributed by atoms with Crippen molar-refractivity contribution in [3.05, 3.63) is 107 Å². The Morgan fingerprint density at radius 3 is 2.65 bits per heavy atom. The minimum absolute atomic E-state index is 0.264. The van der Waals surface area contributed by atoms with E-state index in [1.54, 1.807) is 23.9 Å². The van der Waals surface area contributed by atoms with Gasteiger partial charge in [0, 0.05) is 17.1 Å². The second-order valence-corrected chi connectivity index (χ2v) is 9.63. The largest absolute Gasteiger partial charge is 0.497 e. The van der Waals surface area contributed by atoms with E-state index < -0.39 is 6.04 Å². The number of methoxy groups -OCH3 is 1. The molecule has 3 aromatic carbocycles. The number of amides is 1. The Morgan fingerprint density at radius 1 is 1.11 bits per heavy atom. The van der Waals surface area contributed by atoms with Crippen molar-refractivity contribution in [1.82, 2.24) is 14.8 Å². The number of aryl methyl sites for hydroxylation is 1. The molecule has 1 aliphatic rings. The summed E-state index contributed by atoms with van der Waals surface area (Å²) in [7, 11) is 1.64. The number of carbonyl (C=O) groups is 1. The maximum Gasteiger partial charge on any atom is 0.255 e. The number of para-hydroxylation sites is 1. The minimum atomic E-state index is -0.584. The fraction of sp³-hybridized carbons (Fsp3) is 0.179. The number of nitrogens with one attached hydrogen (secondary N) is 2. The number of rotatable bonds is 7. The van der Waals surface area contributed by atoms with Crippen molar-refractivity contribution in [2.24, 2.45) is 0 Å². The van der Waals surface area contributed by atoms with Crippen LogP contribution in [0.1, 0.15) is 29.7 Å². The zero-order chi connectivity index (χ0) is 25.9. The zero-order valence-corrected chi connectivity index (χ0v) is 21.5. The van der Waals surface area contributed by atoms with Gasteiger partial charge in [-0.3, -0.25) is 4.79 Å². The highest BCUT2D eigenvalue weighted by Crippen LogP contribution is 2.37. The normalized spacial score (nSPS) is 14.6. The first-order chi connectivity index (χ1) is 17.9. The van der Waals surface area contributed by atoms with E-state index in [0.29, 0.717) is 28.1 Å². The van der Waals surface area contributed by atoms with E-state index in [1.165, 1.54) is 23.9 Å². The Balaban J connectivity index is 1.48. The molecule has 0 saturated carbocycles. The molecule has 0 unspecified atom stereocenters. The van der Waals surface area contributed by atoms with Crippen LogP contribution in [0.4, 0.5) is 16.0 Å². The van der Waals surface area contributed by atoms with E-state index in [4.69, 9.17) is 9.84 Å². The van der Waals surface area contributed by atoms with E-state index in [9.17, 15) is 9.18 Å². The summed E-state index contributed by atoms with van der Waals surface area (Å²) >= 11 is 1.48. The molecule has 1 amide bonds. The predicted molar refractivity (Wildman–Crippen MR) is 143 cm³/mol. The molecule has 37 heavy (non-hydrogen) atoms. The number of hydrogen-bond donors (Lipinski definition) is 2. The lowest BCUT2D eigenvalue weighted by Gasteiger charge is -2.28. The Morgan fingerprint density at radius 2 is 1.89 bits per heavy atom. The summed E-state index contributed by atoms with van der Waals surface area (Å²) in [6, 6.07) is 21.0. The number of aromatic nitrogens is 3. The Bertz CT molecular complexity index is 1480. The number of thioether (sulfide) groups is 1. The predicted octanol–water partition coefficient (Wildman–Crippen LogP) is 5.95. The maximum absolute atomic E-state index is 13.8. The van der Waals surface area contributed by atoms with Crippen molar-refractivity contribution >= 4 is 29.3 Å². The third kappa shape index (κ3) is 5.22. The van der Waals surface area contributed by atoms with Crippen molar-refractivity contribution in [3.63, 3.8) is 0 Å². The number of carbonyl (C=O) groups excluding carboxylic acids is 1. The fourth-order valence-electron chi connectivity index (χ4n) is 4.25. The second kappa shape index (κ2) is 10.5. The molecule has 188 valence electrons. The summed E-state index contributed by atoms with van der Waals surface area (Å²) in [6.45, 7) is 3.78. The van der Waals surface area contributed by atoms with Crippen molar-refractivity contribution in [1.29, 1.82) is 0 Å². The highest BCUT2D eigenvalue weighted by molar-refractivity contribution is 7.98. The molecule has 7 nitrogen and oxygen atoms in total. The van der Waals surface area contributed by atoms with Gasteiger partial charge < -0.3 is 15.4 Å². The highest BCUT2D eigenvalue weighted by atomic mass is 32.2. The average Bonchev–Trinajstić information content (AvgIpc) is 3.31. The smallest absolute Gasteiger partial charge is 0.255 e. The number of fused-ring (bicyclic) bond motifs is 1. The first kappa shape index (κ1) is 24.6. The summed E-state index contributed by atoms with van der Waals surface area (Å²) in [5.41, 5.74) is 4.63. The lowest BCUT2D eigenvalue weighted by atomic mass is 9.95. The van der Waals surface area contributed by atoms with Gasteiger partial charge in [0.1, 0.15) is 17.6 Å². The molecular weight excluding hydrogens is 489 g/mol. The Labute approximate surface area is 218 Å². The topological polar surface area (TPSA) is 81.1 Å². The van der Waals surface area contributed by atoms with Crippen LogP contribution in [0.2, 0.25) is 0 Å². The molecule has 4 aromatic rings. The van der Waals surface area contributed by atoms with Crippen LogP contribution in [0, 0.1) is 12.7 Å². The van der Waals surface area contributed by atoms with Crippen LogP contribution in [-0.4, -0.2) is 27.8 Å². The number of halogens is 1. The molecule has 9 heteroatoms. The summed E-state index contributed by atoms with van der Waals surface area (Å²) in [5.74, 6) is 1.34. The van der Waals surface area contributed by atoms with Crippen LogP contribution >= 0.6 is 11.8 Å². The van der Waals surface area contributed by atoms with Crippen LogP contribution in [0.5, 0.6) is 5.75 Å². The first-order valence-electron chi connectivity index (χ1n) is 11.8. The van der Waals surface area contributed by atoms with Gasteiger partial charge in [-0.05, 0) is 60.9 Å². The summed E-state index contributed by atoms with van der Waals surface area (Å²) in [5, 5.41) is 11.6. The molecule has 0 aliphatic carbocycles. The van der Waals surface area contributed by atoms with E-state index in [-0.39, 0.29) is 11.7 Å². The second-order valence-electron chi connectivity index (χ2n) is 8.69. The van der Waals surface area contributed by atoms with Gasteiger partial charge in [0.2, 0.25) is 11.1 Å².